The molecular formula is C13H11Cl2N3O3S. The molecule has 1 amide bonds. The highest BCUT2D eigenvalue weighted by molar-refractivity contribution is 7.92. The van der Waals surface area contributed by atoms with Gasteiger partial charge in [0, 0.05) is 6.92 Å². The third-order valence-electron chi connectivity index (χ3n) is 2.50. The smallest absolute Gasteiger partial charge is 0.263 e. The Morgan fingerprint density at radius 1 is 1.14 bits per heavy atom. The van der Waals surface area contributed by atoms with Crippen LogP contribution in [0.1, 0.15) is 6.92 Å². The highest BCUT2D eigenvalue weighted by atomic mass is 35.5. The standard InChI is InChI=1S/C13H11Cl2N3O3S/c1-8(19)16-10-4-2-3-5-11(10)22(20,21)18-9-6-12(14)17-13(15)7-9/h2-7H,1H3,(H,16,19)(H,17,18). The highest BCUT2D eigenvalue weighted by Crippen LogP contribution is 2.25. The number of nitrogens with zero attached hydrogens (tertiary/aromatic N) is 1. The first-order valence-electron chi connectivity index (χ1n) is 6.00. The minimum Gasteiger partial charge on any atom is -0.325 e. The predicted molar refractivity (Wildman–Crippen MR) is 85.8 cm³/mol. The lowest BCUT2D eigenvalue weighted by atomic mass is 10.3. The van der Waals surface area contributed by atoms with Crippen LogP contribution >= 0.6 is 23.2 Å². The lowest BCUT2D eigenvalue weighted by molar-refractivity contribution is -0.114. The molecule has 1 aromatic carbocycles. The summed E-state index contributed by atoms with van der Waals surface area (Å²) >= 11 is 11.5. The Labute approximate surface area is 137 Å². The summed E-state index contributed by atoms with van der Waals surface area (Å²) in [4.78, 5) is 14.8. The van der Waals surface area contributed by atoms with Gasteiger partial charge in [0.05, 0.1) is 11.4 Å². The molecule has 0 saturated heterocycles. The van der Waals surface area contributed by atoms with E-state index < -0.39 is 10.0 Å². The quantitative estimate of drug-likeness (QED) is 0.820. The summed E-state index contributed by atoms with van der Waals surface area (Å²) in [6.07, 6.45) is 0. The van der Waals surface area contributed by atoms with E-state index in [0.717, 1.165) is 0 Å². The van der Waals surface area contributed by atoms with E-state index in [1.807, 2.05) is 0 Å². The second-order valence-electron chi connectivity index (χ2n) is 4.28. The summed E-state index contributed by atoms with van der Waals surface area (Å²) in [5, 5.41) is 2.58. The number of hydrogen-bond donors (Lipinski definition) is 2. The molecule has 0 bridgehead atoms. The van der Waals surface area contributed by atoms with Crippen molar-refractivity contribution in [3.05, 3.63) is 46.7 Å². The number of carbonyl (C=O) groups is 1. The Balaban J connectivity index is 2.40. The molecule has 1 aromatic heterocycles. The topological polar surface area (TPSA) is 88.2 Å². The zero-order valence-corrected chi connectivity index (χ0v) is 13.6. The molecule has 2 N–H and O–H groups in total. The van der Waals surface area contributed by atoms with E-state index in [9.17, 15) is 13.2 Å². The van der Waals surface area contributed by atoms with Crippen molar-refractivity contribution in [1.29, 1.82) is 0 Å². The lowest BCUT2D eigenvalue weighted by Crippen LogP contribution is -2.17. The van der Waals surface area contributed by atoms with Crippen molar-refractivity contribution in [2.45, 2.75) is 11.8 Å². The molecule has 0 atom stereocenters. The van der Waals surface area contributed by atoms with Crippen molar-refractivity contribution >= 4 is 50.5 Å². The van der Waals surface area contributed by atoms with Gasteiger partial charge in [0.1, 0.15) is 15.2 Å². The first kappa shape index (κ1) is 16.5. The molecule has 0 aliphatic heterocycles. The second-order valence-corrected chi connectivity index (χ2v) is 6.71. The second kappa shape index (κ2) is 6.51. The molecule has 0 fully saturated rings. The van der Waals surface area contributed by atoms with Crippen molar-refractivity contribution in [2.24, 2.45) is 0 Å². The molecule has 6 nitrogen and oxygen atoms in total. The number of sulfonamides is 1. The minimum absolute atomic E-state index is 0.0559. The summed E-state index contributed by atoms with van der Waals surface area (Å²) in [5.74, 6) is -0.377. The number of carbonyl (C=O) groups excluding carboxylic acids is 1. The molecule has 0 aliphatic rings. The van der Waals surface area contributed by atoms with Gasteiger partial charge in [-0.1, -0.05) is 35.3 Å². The van der Waals surface area contributed by atoms with Gasteiger partial charge in [0.2, 0.25) is 5.91 Å². The van der Waals surface area contributed by atoms with Gasteiger partial charge >= 0.3 is 0 Å². The molecule has 0 unspecified atom stereocenters. The number of rotatable bonds is 4. The van der Waals surface area contributed by atoms with Crippen LogP contribution in [0.2, 0.25) is 10.3 Å². The van der Waals surface area contributed by atoms with Crippen molar-refractivity contribution in [2.75, 3.05) is 10.0 Å². The number of aromatic nitrogens is 1. The van der Waals surface area contributed by atoms with Crippen molar-refractivity contribution in [3.8, 4) is 0 Å². The molecular weight excluding hydrogens is 349 g/mol. The van der Waals surface area contributed by atoms with E-state index in [1.165, 1.54) is 31.2 Å². The van der Waals surface area contributed by atoms with Crippen LogP contribution in [-0.2, 0) is 14.8 Å². The number of para-hydroxylation sites is 1. The zero-order valence-electron chi connectivity index (χ0n) is 11.3. The van der Waals surface area contributed by atoms with Crippen LogP contribution in [0.5, 0.6) is 0 Å². The van der Waals surface area contributed by atoms with Crippen molar-refractivity contribution in [1.82, 2.24) is 4.98 Å². The number of benzene rings is 1. The minimum atomic E-state index is -3.93. The predicted octanol–water partition coefficient (Wildman–Crippen LogP) is 3.15. The van der Waals surface area contributed by atoms with E-state index in [-0.39, 0.29) is 32.5 Å². The Hall–Kier alpha value is -1.83. The number of halogens is 2. The fourth-order valence-corrected chi connectivity index (χ4v) is 3.39. The van der Waals surface area contributed by atoms with Gasteiger partial charge in [-0.15, -0.1) is 0 Å². The van der Waals surface area contributed by atoms with Crippen LogP contribution in [0.25, 0.3) is 0 Å². The maximum Gasteiger partial charge on any atom is 0.263 e. The molecule has 2 aromatic rings. The Morgan fingerprint density at radius 2 is 1.73 bits per heavy atom. The van der Waals surface area contributed by atoms with E-state index >= 15 is 0 Å². The van der Waals surface area contributed by atoms with Crippen molar-refractivity contribution in [3.63, 3.8) is 0 Å². The van der Waals surface area contributed by atoms with Gasteiger partial charge in [-0.05, 0) is 24.3 Å². The first-order valence-corrected chi connectivity index (χ1v) is 8.24. The van der Waals surface area contributed by atoms with Gasteiger partial charge in [0.25, 0.3) is 10.0 Å². The third kappa shape index (κ3) is 4.09. The van der Waals surface area contributed by atoms with E-state index in [1.54, 1.807) is 12.1 Å². The van der Waals surface area contributed by atoms with Crippen LogP contribution in [0, 0.1) is 0 Å². The molecule has 9 heteroatoms. The monoisotopic (exact) mass is 359 g/mol. The average molecular weight is 360 g/mol. The molecule has 1 heterocycles. The summed E-state index contributed by atoms with van der Waals surface area (Å²) < 4.78 is 27.3. The van der Waals surface area contributed by atoms with Gasteiger partial charge in [0.15, 0.2) is 0 Å². The number of amides is 1. The largest absolute Gasteiger partial charge is 0.325 e. The fraction of sp³-hybridized carbons (Fsp3) is 0.0769. The zero-order chi connectivity index (χ0) is 16.3. The molecule has 0 saturated carbocycles. The third-order valence-corrected chi connectivity index (χ3v) is 4.33. The molecule has 22 heavy (non-hydrogen) atoms. The normalized spacial score (nSPS) is 11.0. The van der Waals surface area contributed by atoms with E-state index in [2.05, 4.69) is 15.0 Å². The Kier molecular flexibility index (Phi) is 4.90. The first-order chi connectivity index (χ1) is 10.3. The molecule has 2 rings (SSSR count). The van der Waals surface area contributed by atoms with Gasteiger partial charge in [-0.2, -0.15) is 0 Å². The molecule has 0 spiro atoms. The Bertz CT molecular complexity index is 805. The van der Waals surface area contributed by atoms with E-state index in [0.29, 0.717) is 0 Å². The van der Waals surface area contributed by atoms with Crippen LogP contribution < -0.4 is 10.0 Å². The Morgan fingerprint density at radius 3 is 2.32 bits per heavy atom. The van der Waals surface area contributed by atoms with E-state index in [4.69, 9.17) is 23.2 Å². The van der Waals surface area contributed by atoms with Crippen molar-refractivity contribution < 1.29 is 13.2 Å². The molecule has 0 aliphatic carbocycles. The summed E-state index contributed by atoms with van der Waals surface area (Å²) in [6.45, 7) is 1.29. The number of anilines is 2. The van der Waals surface area contributed by atoms with Crippen LogP contribution in [0.4, 0.5) is 11.4 Å². The maximum absolute atomic E-state index is 12.5. The number of pyridine rings is 1. The molecule has 116 valence electrons. The fourth-order valence-electron chi connectivity index (χ4n) is 1.73. The SMILES string of the molecule is CC(=O)Nc1ccccc1S(=O)(=O)Nc1cc(Cl)nc(Cl)c1. The average Bonchev–Trinajstić information content (AvgIpc) is 2.36. The van der Waals surface area contributed by atoms with Crippen LogP contribution in [0.15, 0.2) is 41.3 Å². The van der Waals surface area contributed by atoms with Gasteiger partial charge in [-0.3, -0.25) is 9.52 Å². The number of hydrogen-bond acceptors (Lipinski definition) is 4. The summed E-state index contributed by atoms with van der Waals surface area (Å²) in [7, 11) is -3.93. The van der Waals surface area contributed by atoms with Crippen LogP contribution in [0.3, 0.4) is 0 Å². The van der Waals surface area contributed by atoms with Gasteiger partial charge < -0.3 is 5.32 Å². The maximum atomic E-state index is 12.5. The lowest BCUT2D eigenvalue weighted by Gasteiger charge is -2.12. The van der Waals surface area contributed by atoms with Gasteiger partial charge in [-0.25, -0.2) is 13.4 Å². The highest BCUT2D eigenvalue weighted by Gasteiger charge is 2.19. The van der Waals surface area contributed by atoms with Crippen LogP contribution in [-0.4, -0.2) is 19.3 Å². The molecule has 0 radical (unpaired) electrons. The summed E-state index contributed by atoms with van der Waals surface area (Å²) in [5.41, 5.74) is 0.344. The summed E-state index contributed by atoms with van der Waals surface area (Å²) in [6, 6.07) is 8.68. The number of nitrogens with one attached hydrogen (secondary N) is 2.